The number of nitrogens with zero attached hydrogens (tertiary/aromatic N) is 3. The maximum atomic E-state index is 12.6. The molecule has 3 heterocycles. The van der Waals surface area contributed by atoms with Crippen molar-refractivity contribution >= 4 is 5.91 Å². The molecule has 1 unspecified atom stereocenters. The minimum absolute atomic E-state index is 0.0665. The molecule has 0 radical (unpaired) electrons. The lowest BCUT2D eigenvalue weighted by molar-refractivity contribution is -0.121. The molecular formula is C21H20N4O2. The van der Waals surface area contributed by atoms with Crippen LogP contribution in [-0.4, -0.2) is 20.4 Å². The van der Waals surface area contributed by atoms with Crippen molar-refractivity contribution in [3.8, 4) is 11.3 Å². The van der Waals surface area contributed by atoms with E-state index in [4.69, 9.17) is 4.98 Å². The van der Waals surface area contributed by atoms with Gasteiger partial charge in [0.15, 0.2) is 0 Å². The SMILES string of the molecule is O=C(Cc1ccccc1)NC1CCCn2c1nc(-c1ccncc1)cc2=O. The van der Waals surface area contributed by atoms with Gasteiger partial charge >= 0.3 is 0 Å². The molecular weight excluding hydrogens is 340 g/mol. The molecule has 1 aromatic carbocycles. The van der Waals surface area contributed by atoms with Crippen molar-refractivity contribution in [2.24, 2.45) is 0 Å². The van der Waals surface area contributed by atoms with Crippen LogP contribution in [0.4, 0.5) is 0 Å². The molecule has 0 saturated heterocycles. The number of carbonyl (C=O) groups is 1. The van der Waals surface area contributed by atoms with Crippen LogP contribution in [0.25, 0.3) is 11.3 Å². The first-order chi connectivity index (χ1) is 13.2. The van der Waals surface area contributed by atoms with Crippen LogP contribution in [0.15, 0.2) is 65.7 Å². The first kappa shape index (κ1) is 17.1. The number of rotatable bonds is 4. The first-order valence-electron chi connectivity index (χ1n) is 9.06. The van der Waals surface area contributed by atoms with Crippen LogP contribution in [0.5, 0.6) is 0 Å². The summed E-state index contributed by atoms with van der Waals surface area (Å²) >= 11 is 0. The highest BCUT2D eigenvalue weighted by molar-refractivity contribution is 5.79. The molecule has 0 spiro atoms. The Hall–Kier alpha value is -3.28. The minimum Gasteiger partial charge on any atom is -0.346 e. The van der Waals surface area contributed by atoms with Crippen molar-refractivity contribution in [2.75, 3.05) is 0 Å². The zero-order valence-electron chi connectivity index (χ0n) is 14.8. The highest BCUT2D eigenvalue weighted by Gasteiger charge is 2.25. The van der Waals surface area contributed by atoms with Crippen LogP contribution in [-0.2, 0) is 17.8 Å². The first-order valence-corrected chi connectivity index (χ1v) is 9.06. The van der Waals surface area contributed by atoms with Crippen molar-refractivity contribution in [2.45, 2.75) is 31.8 Å². The summed E-state index contributed by atoms with van der Waals surface area (Å²) in [6.07, 6.45) is 5.26. The van der Waals surface area contributed by atoms with Crippen LogP contribution in [0.3, 0.4) is 0 Å². The Morgan fingerprint density at radius 2 is 1.93 bits per heavy atom. The number of amides is 1. The van der Waals surface area contributed by atoms with Gasteiger partial charge in [0.2, 0.25) is 5.91 Å². The van der Waals surface area contributed by atoms with Crippen molar-refractivity contribution in [3.05, 3.63) is 82.7 Å². The molecule has 3 aromatic rings. The van der Waals surface area contributed by atoms with Crippen LogP contribution in [0, 0.1) is 0 Å². The number of hydrogen-bond donors (Lipinski definition) is 1. The van der Waals surface area contributed by atoms with Crippen LogP contribution >= 0.6 is 0 Å². The molecule has 0 aliphatic carbocycles. The van der Waals surface area contributed by atoms with E-state index < -0.39 is 0 Å². The van der Waals surface area contributed by atoms with E-state index in [-0.39, 0.29) is 17.5 Å². The summed E-state index contributed by atoms with van der Waals surface area (Å²) < 4.78 is 1.67. The second kappa shape index (κ2) is 7.53. The number of nitrogens with one attached hydrogen (secondary N) is 1. The average molecular weight is 360 g/mol. The molecule has 136 valence electrons. The molecule has 2 aromatic heterocycles. The van der Waals surface area contributed by atoms with E-state index in [1.54, 1.807) is 23.0 Å². The van der Waals surface area contributed by atoms with Gasteiger partial charge in [-0.05, 0) is 30.5 Å². The van der Waals surface area contributed by atoms with Gasteiger partial charge in [0, 0.05) is 30.6 Å². The molecule has 1 aliphatic heterocycles. The Labute approximate surface area is 156 Å². The maximum Gasteiger partial charge on any atom is 0.254 e. The van der Waals surface area contributed by atoms with Gasteiger partial charge in [-0.15, -0.1) is 0 Å². The molecule has 6 heteroatoms. The van der Waals surface area contributed by atoms with Crippen LogP contribution in [0.1, 0.15) is 30.3 Å². The third-order valence-electron chi connectivity index (χ3n) is 4.74. The van der Waals surface area contributed by atoms with Gasteiger partial charge in [0.1, 0.15) is 5.82 Å². The molecule has 4 rings (SSSR count). The van der Waals surface area contributed by atoms with E-state index in [2.05, 4.69) is 10.3 Å². The van der Waals surface area contributed by atoms with E-state index in [0.717, 1.165) is 24.0 Å². The number of hydrogen-bond acceptors (Lipinski definition) is 4. The third kappa shape index (κ3) is 3.79. The van der Waals surface area contributed by atoms with Crippen molar-refractivity contribution < 1.29 is 4.79 Å². The summed E-state index contributed by atoms with van der Waals surface area (Å²) in [6.45, 7) is 0.628. The predicted molar refractivity (Wildman–Crippen MR) is 102 cm³/mol. The zero-order valence-corrected chi connectivity index (χ0v) is 14.8. The Kier molecular flexibility index (Phi) is 4.78. The molecule has 0 bridgehead atoms. The normalized spacial score (nSPS) is 15.8. The Morgan fingerprint density at radius 1 is 1.15 bits per heavy atom. The van der Waals surface area contributed by atoms with E-state index >= 15 is 0 Å². The molecule has 27 heavy (non-hydrogen) atoms. The van der Waals surface area contributed by atoms with Crippen molar-refractivity contribution in [1.29, 1.82) is 0 Å². The van der Waals surface area contributed by atoms with Crippen molar-refractivity contribution in [3.63, 3.8) is 0 Å². The fraction of sp³-hybridized carbons (Fsp3) is 0.238. The van der Waals surface area contributed by atoms with E-state index in [1.807, 2.05) is 42.5 Å². The van der Waals surface area contributed by atoms with Crippen molar-refractivity contribution in [1.82, 2.24) is 19.9 Å². The Morgan fingerprint density at radius 3 is 2.70 bits per heavy atom. The number of fused-ring (bicyclic) bond motifs is 1. The van der Waals surface area contributed by atoms with E-state index in [1.165, 1.54) is 0 Å². The fourth-order valence-electron chi connectivity index (χ4n) is 3.43. The zero-order chi connectivity index (χ0) is 18.6. The molecule has 1 aliphatic rings. The molecule has 1 atom stereocenters. The summed E-state index contributed by atoms with van der Waals surface area (Å²) in [7, 11) is 0. The highest BCUT2D eigenvalue weighted by atomic mass is 16.1. The number of benzene rings is 1. The van der Waals surface area contributed by atoms with Gasteiger partial charge < -0.3 is 5.32 Å². The standard InChI is InChI=1S/C21H20N4O2/c26-19(13-15-5-2-1-3-6-15)23-17-7-4-12-25-20(27)14-18(24-21(17)25)16-8-10-22-11-9-16/h1-3,5-6,8-11,14,17H,4,7,12-13H2,(H,23,26). The quantitative estimate of drug-likeness (QED) is 0.775. The predicted octanol–water partition coefficient (Wildman–Crippen LogP) is 2.50. The molecule has 6 nitrogen and oxygen atoms in total. The Balaban J connectivity index is 1.61. The topological polar surface area (TPSA) is 76.9 Å². The minimum atomic E-state index is -0.260. The third-order valence-corrected chi connectivity index (χ3v) is 4.74. The summed E-state index contributed by atoms with van der Waals surface area (Å²) in [5.41, 5.74) is 2.32. The highest BCUT2D eigenvalue weighted by Crippen LogP contribution is 2.24. The lowest BCUT2D eigenvalue weighted by atomic mass is 10.0. The summed E-state index contributed by atoms with van der Waals surface area (Å²) in [5.74, 6) is 0.560. The lowest BCUT2D eigenvalue weighted by Crippen LogP contribution is -2.38. The average Bonchev–Trinajstić information content (AvgIpc) is 2.70. The molecule has 1 N–H and O–H groups in total. The monoisotopic (exact) mass is 360 g/mol. The van der Waals surface area contributed by atoms with Gasteiger partial charge in [0.05, 0.1) is 18.2 Å². The smallest absolute Gasteiger partial charge is 0.254 e. The summed E-state index contributed by atoms with van der Waals surface area (Å²) in [4.78, 5) is 33.8. The van der Waals surface area contributed by atoms with Gasteiger partial charge in [-0.1, -0.05) is 30.3 Å². The second-order valence-corrected chi connectivity index (χ2v) is 6.65. The van der Waals surface area contributed by atoms with E-state index in [0.29, 0.717) is 24.5 Å². The Bertz CT molecular complexity index is 1000. The number of pyridine rings is 1. The number of aromatic nitrogens is 3. The van der Waals surface area contributed by atoms with Crippen LogP contribution < -0.4 is 10.9 Å². The van der Waals surface area contributed by atoms with Gasteiger partial charge in [-0.3, -0.25) is 19.1 Å². The van der Waals surface area contributed by atoms with E-state index in [9.17, 15) is 9.59 Å². The lowest BCUT2D eigenvalue weighted by Gasteiger charge is -2.27. The summed E-state index contributed by atoms with van der Waals surface area (Å²) in [6, 6.07) is 14.6. The van der Waals surface area contributed by atoms with Gasteiger partial charge in [-0.2, -0.15) is 0 Å². The summed E-state index contributed by atoms with van der Waals surface area (Å²) in [5, 5.41) is 3.06. The molecule has 0 fully saturated rings. The fourth-order valence-corrected chi connectivity index (χ4v) is 3.43. The van der Waals surface area contributed by atoms with Gasteiger partial charge in [0.25, 0.3) is 5.56 Å². The molecule has 0 saturated carbocycles. The second-order valence-electron chi connectivity index (χ2n) is 6.65. The maximum absolute atomic E-state index is 12.6. The van der Waals surface area contributed by atoms with Crippen LogP contribution in [0.2, 0.25) is 0 Å². The largest absolute Gasteiger partial charge is 0.346 e. The molecule has 1 amide bonds. The number of carbonyl (C=O) groups excluding carboxylic acids is 1. The van der Waals surface area contributed by atoms with Gasteiger partial charge in [-0.25, -0.2) is 4.98 Å².